The quantitative estimate of drug-likeness (QED) is 0.918. The van der Waals surface area contributed by atoms with E-state index in [1.807, 2.05) is 31.2 Å². The highest BCUT2D eigenvalue weighted by Gasteiger charge is 2.08. The first-order valence-electron chi connectivity index (χ1n) is 5.05. The Morgan fingerprint density at radius 1 is 1.31 bits per heavy atom. The molecular formula is C12H11BrN2O. The van der Waals surface area contributed by atoms with Crippen LogP contribution in [0.25, 0.3) is 11.3 Å². The fourth-order valence-corrected chi connectivity index (χ4v) is 1.88. The Balaban J connectivity index is 2.60. The van der Waals surface area contributed by atoms with E-state index in [0.717, 1.165) is 21.3 Å². The van der Waals surface area contributed by atoms with Crippen LogP contribution >= 0.6 is 15.9 Å². The van der Waals surface area contributed by atoms with Gasteiger partial charge in [0, 0.05) is 15.6 Å². The Bertz CT molecular complexity index is 546. The second-order valence-electron chi connectivity index (χ2n) is 3.42. The number of halogens is 1. The second-order valence-corrected chi connectivity index (χ2v) is 4.33. The van der Waals surface area contributed by atoms with Gasteiger partial charge in [0.05, 0.1) is 12.0 Å². The molecule has 2 aromatic rings. The van der Waals surface area contributed by atoms with Gasteiger partial charge in [0.1, 0.15) is 0 Å². The second kappa shape index (κ2) is 4.61. The zero-order valence-corrected chi connectivity index (χ0v) is 10.4. The molecular weight excluding hydrogens is 268 g/mol. The minimum absolute atomic E-state index is 0.0598. The van der Waals surface area contributed by atoms with Gasteiger partial charge >= 0.3 is 0 Å². The molecule has 0 aliphatic heterocycles. The third-order valence-electron chi connectivity index (χ3n) is 2.42. The van der Waals surface area contributed by atoms with Crippen molar-refractivity contribution in [3.05, 3.63) is 51.0 Å². The Hall–Kier alpha value is -1.42. The standard InChI is InChI=1S/C12H11BrN2O/c1-2-10-11(14-7-15-12(10)16)8-3-5-9(13)6-4-8/h3-7H,2H2,1H3,(H,14,15,16). The van der Waals surface area contributed by atoms with E-state index in [9.17, 15) is 4.79 Å². The number of H-pyrrole nitrogens is 1. The molecule has 1 N–H and O–H groups in total. The summed E-state index contributed by atoms with van der Waals surface area (Å²) < 4.78 is 1.01. The number of nitrogens with zero attached hydrogens (tertiary/aromatic N) is 1. The van der Waals surface area contributed by atoms with E-state index in [2.05, 4.69) is 25.9 Å². The minimum atomic E-state index is -0.0598. The molecule has 0 unspecified atom stereocenters. The summed E-state index contributed by atoms with van der Waals surface area (Å²) in [6, 6.07) is 7.78. The van der Waals surface area contributed by atoms with Gasteiger partial charge in [-0.05, 0) is 18.6 Å². The van der Waals surface area contributed by atoms with E-state index in [-0.39, 0.29) is 5.56 Å². The maximum atomic E-state index is 11.6. The zero-order chi connectivity index (χ0) is 11.5. The molecule has 0 saturated carbocycles. The zero-order valence-electron chi connectivity index (χ0n) is 8.83. The predicted octanol–water partition coefficient (Wildman–Crippen LogP) is 2.76. The first-order chi connectivity index (χ1) is 7.72. The molecule has 0 amide bonds. The van der Waals surface area contributed by atoms with Crippen LogP contribution in [0.4, 0.5) is 0 Å². The lowest BCUT2D eigenvalue weighted by Gasteiger charge is -2.05. The average Bonchev–Trinajstić information content (AvgIpc) is 2.30. The van der Waals surface area contributed by atoms with Crippen molar-refractivity contribution in [2.45, 2.75) is 13.3 Å². The van der Waals surface area contributed by atoms with Crippen LogP contribution < -0.4 is 5.56 Å². The number of rotatable bonds is 2. The molecule has 1 aromatic carbocycles. The van der Waals surface area contributed by atoms with Gasteiger partial charge in [-0.2, -0.15) is 0 Å². The molecule has 0 radical (unpaired) electrons. The summed E-state index contributed by atoms with van der Waals surface area (Å²) in [7, 11) is 0. The Morgan fingerprint density at radius 2 is 2.00 bits per heavy atom. The Kier molecular flexibility index (Phi) is 3.19. The van der Waals surface area contributed by atoms with Crippen molar-refractivity contribution in [1.29, 1.82) is 0 Å². The molecule has 0 atom stereocenters. The first kappa shape index (κ1) is 11.1. The highest BCUT2D eigenvalue weighted by molar-refractivity contribution is 9.10. The van der Waals surface area contributed by atoms with Crippen LogP contribution in [0.15, 0.2) is 39.9 Å². The normalized spacial score (nSPS) is 10.4. The minimum Gasteiger partial charge on any atom is -0.313 e. The molecule has 3 nitrogen and oxygen atoms in total. The monoisotopic (exact) mass is 278 g/mol. The van der Waals surface area contributed by atoms with Crippen molar-refractivity contribution in [1.82, 2.24) is 9.97 Å². The van der Waals surface area contributed by atoms with Crippen molar-refractivity contribution in [2.24, 2.45) is 0 Å². The summed E-state index contributed by atoms with van der Waals surface area (Å²) in [4.78, 5) is 18.4. The van der Waals surface area contributed by atoms with Crippen molar-refractivity contribution >= 4 is 15.9 Å². The molecule has 2 rings (SSSR count). The maximum absolute atomic E-state index is 11.6. The molecule has 1 aromatic heterocycles. The molecule has 4 heteroatoms. The summed E-state index contributed by atoms with van der Waals surface area (Å²) in [5, 5.41) is 0. The van der Waals surface area contributed by atoms with Crippen LogP contribution in [0, 0.1) is 0 Å². The molecule has 0 spiro atoms. The Labute approximate surface area is 102 Å². The van der Waals surface area contributed by atoms with Gasteiger partial charge in [-0.25, -0.2) is 4.98 Å². The third-order valence-corrected chi connectivity index (χ3v) is 2.95. The van der Waals surface area contributed by atoms with Crippen molar-refractivity contribution in [3.8, 4) is 11.3 Å². The fourth-order valence-electron chi connectivity index (χ4n) is 1.61. The molecule has 0 aliphatic rings. The molecule has 1 heterocycles. The highest BCUT2D eigenvalue weighted by atomic mass is 79.9. The summed E-state index contributed by atoms with van der Waals surface area (Å²) >= 11 is 3.38. The largest absolute Gasteiger partial charge is 0.313 e. The first-order valence-corrected chi connectivity index (χ1v) is 5.84. The SMILES string of the molecule is CCc1c(-c2ccc(Br)cc2)nc[nH]c1=O. The maximum Gasteiger partial charge on any atom is 0.254 e. The van der Waals surface area contributed by atoms with E-state index < -0.39 is 0 Å². The summed E-state index contributed by atoms with van der Waals surface area (Å²) in [6.07, 6.45) is 2.12. The molecule has 0 saturated heterocycles. The number of hydrogen-bond donors (Lipinski definition) is 1. The van der Waals surface area contributed by atoms with Gasteiger partial charge in [0.15, 0.2) is 0 Å². The average molecular weight is 279 g/mol. The topological polar surface area (TPSA) is 45.8 Å². The number of aromatic nitrogens is 2. The van der Waals surface area contributed by atoms with E-state index in [0.29, 0.717) is 6.42 Å². The van der Waals surface area contributed by atoms with Crippen LogP contribution in [0.3, 0.4) is 0 Å². The predicted molar refractivity (Wildman–Crippen MR) is 67.4 cm³/mol. The van der Waals surface area contributed by atoms with Gasteiger partial charge in [-0.1, -0.05) is 35.0 Å². The number of hydrogen-bond acceptors (Lipinski definition) is 2. The third kappa shape index (κ3) is 2.07. The van der Waals surface area contributed by atoms with Gasteiger partial charge in [-0.3, -0.25) is 4.79 Å². The van der Waals surface area contributed by atoms with Crippen molar-refractivity contribution in [2.75, 3.05) is 0 Å². The lowest BCUT2D eigenvalue weighted by Crippen LogP contribution is -2.13. The van der Waals surface area contributed by atoms with Gasteiger partial charge < -0.3 is 4.98 Å². The number of nitrogens with one attached hydrogen (secondary N) is 1. The van der Waals surface area contributed by atoms with Gasteiger partial charge in [0.25, 0.3) is 5.56 Å². The molecule has 0 fully saturated rings. The summed E-state index contributed by atoms with van der Waals surface area (Å²) in [5.74, 6) is 0. The number of benzene rings is 1. The Morgan fingerprint density at radius 3 is 2.62 bits per heavy atom. The van der Waals surface area contributed by atoms with E-state index in [1.165, 1.54) is 6.33 Å². The smallest absolute Gasteiger partial charge is 0.254 e. The van der Waals surface area contributed by atoms with Crippen molar-refractivity contribution in [3.63, 3.8) is 0 Å². The van der Waals surface area contributed by atoms with E-state index >= 15 is 0 Å². The van der Waals surface area contributed by atoms with Crippen LogP contribution in [0.5, 0.6) is 0 Å². The van der Waals surface area contributed by atoms with Gasteiger partial charge in [-0.15, -0.1) is 0 Å². The number of aromatic amines is 1. The summed E-state index contributed by atoms with van der Waals surface area (Å²) in [6.45, 7) is 1.95. The molecule has 0 aliphatic carbocycles. The highest BCUT2D eigenvalue weighted by Crippen LogP contribution is 2.21. The van der Waals surface area contributed by atoms with E-state index in [1.54, 1.807) is 0 Å². The fraction of sp³-hybridized carbons (Fsp3) is 0.167. The molecule has 82 valence electrons. The van der Waals surface area contributed by atoms with Crippen LogP contribution in [0.1, 0.15) is 12.5 Å². The van der Waals surface area contributed by atoms with Crippen LogP contribution in [0.2, 0.25) is 0 Å². The van der Waals surface area contributed by atoms with Crippen molar-refractivity contribution < 1.29 is 0 Å². The lowest BCUT2D eigenvalue weighted by molar-refractivity contribution is 1.01. The lowest BCUT2D eigenvalue weighted by atomic mass is 10.1. The molecule has 0 bridgehead atoms. The van der Waals surface area contributed by atoms with E-state index in [4.69, 9.17) is 0 Å². The van der Waals surface area contributed by atoms with Crippen LogP contribution in [-0.4, -0.2) is 9.97 Å². The molecule has 16 heavy (non-hydrogen) atoms. The van der Waals surface area contributed by atoms with Crippen LogP contribution in [-0.2, 0) is 6.42 Å². The summed E-state index contributed by atoms with van der Waals surface area (Å²) in [5.41, 5.74) is 2.39. The van der Waals surface area contributed by atoms with Gasteiger partial charge in [0.2, 0.25) is 0 Å².